The molecule has 2 unspecified atom stereocenters. The Morgan fingerprint density at radius 1 is 1.56 bits per heavy atom. The van der Waals surface area contributed by atoms with Gasteiger partial charge in [0, 0.05) is 6.54 Å². The van der Waals surface area contributed by atoms with Gasteiger partial charge in [0.1, 0.15) is 18.5 Å². The minimum absolute atomic E-state index is 0.0819. The number of benzene rings is 1. The van der Waals surface area contributed by atoms with E-state index in [2.05, 4.69) is 11.2 Å². The summed E-state index contributed by atoms with van der Waals surface area (Å²) in [5.41, 5.74) is 0.529. The monoisotopic (exact) mass is 244 g/mol. The van der Waals surface area contributed by atoms with Crippen molar-refractivity contribution in [2.45, 2.75) is 19.1 Å². The molecule has 2 atom stereocenters. The third kappa shape index (κ3) is 4.88. The second kappa shape index (κ2) is 7.34. The summed E-state index contributed by atoms with van der Waals surface area (Å²) in [4.78, 5) is 0. The van der Waals surface area contributed by atoms with E-state index in [1.165, 1.54) is 0 Å². The van der Waals surface area contributed by atoms with Gasteiger partial charge in [-0.1, -0.05) is 12.0 Å². The third-order valence-electron chi connectivity index (χ3n) is 2.32. The summed E-state index contributed by atoms with van der Waals surface area (Å²) in [6.07, 6.45) is 4.55. The minimum Gasteiger partial charge on any atom is -0.491 e. The van der Waals surface area contributed by atoms with Crippen LogP contribution in [0.25, 0.3) is 0 Å². The van der Waals surface area contributed by atoms with E-state index in [0.717, 1.165) is 0 Å². The summed E-state index contributed by atoms with van der Waals surface area (Å²) >= 11 is 0. The van der Waals surface area contributed by atoms with Crippen LogP contribution in [0.4, 0.5) is 0 Å². The molecule has 4 nitrogen and oxygen atoms in total. The lowest BCUT2D eigenvalue weighted by atomic mass is 10.2. The van der Waals surface area contributed by atoms with Gasteiger partial charge >= 0.3 is 0 Å². The average molecular weight is 244 g/mol. The fourth-order valence-corrected chi connectivity index (χ4v) is 1.28. The molecule has 0 spiro atoms. The van der Waals surface area contributed by atoms with Crippen molar-refractivity contribution in [2.75, 3.05) is 13.2 Å². The van der Waals surface area contributed by atoms with Crippen LogP contribution in [0.15, 0.2) is 24.3 Å². The van der Waals surface area contributed by atoms with Gasteiger partial charge in [0.25, 0.3) is 0 Å². The average Bonchev–Trinajstić information content (AvgIpc) is 2.42. The van der Waals surface area contributed by atoms with E-state index in [-0.39, 0.29) is 12.6 Å². The number of hydrogen-bond acceptors (Lipinski definition) is 4. The van der Waals surface area contributed by atoms with Crippen LogP contribution in [-0.4, -0.2) is 30.4 Å². The topological polar surface area (TPSA) is 65.3 Å². The summed E-state index contributed by atoms with van der Waals surface area (Å²) in [6.45, 7) is 2.35. The molecule has 94 valence electrons. The van der Waals surface area contributed by atoms with Crippen molar-refractivity contribution in [1.82, 2.24) is 5.32 Å². The lowest BCUT2D eigenvalue weighted by Crippen LogP contribution is -2.35. The zero-order chi connectivity index (χ0) is 13.4. The highest BCUT2D eigenvalue weighted by Crippen LogP contribution is 2.12. The van der Waals surface area contributed by atoms with E-state index < -0.39 is 6.10 Å². The normalized spacial score (nSPS) is 13.1. The molecule has 0 saturated heterocycles. The molecular formula is C14H16N2O2. The van der Waals surface area contributed by atoms with Gasteiger partial charge in [-0.15, -0.1) is 6.42 Å². The van der Waals surface area contributed by atoms with Crippen molar-refractivity contribution >= 4 is 0 Å². The first-order valence-electron chi connectivity index (χ1n) is 5.66. The zero-order valence-electron chi connectivity index (χ0n) is 10.3. The van der Waals surface area contributed by atoms with Gasteiger partial charge in [-0.25, -0.2) is 0 Å². The van der Waals surface area contributed by atoms with Crippen molar-refractivity contribution in [3.8, 4) is 24.2 Å². The molecule has 2 N–H and O–H groups in total. The zero-order valence-corrected chi connectivity index (χ0v) is 10.3. The maximum absolute atomic E-state index is 9.66. The van der Waals surface area contributed by atoms with Crippen LogP contribution in [0.2, 0.25) is 0 Å². The molecule has 1 rings (SSSR count). The Hall–Kier alpha value is -2.01. The molecule has 0 aliphatic carbocycles. The van der Waals surface area contributed by atoms with E-state index in [1.807, 2.05) is 13.0 Å². The fourth-order valence-electron chi connectivity index (χ4n) is 1.28. The Bertz CT molecular complexity index is 460. The molecule has 1 aromatic rings. The molecule has 0 fully saturated rings. The molecule has 18 heavy (non-hydrogen) atoms. The molecule has 0 amide bonds. The molecule has 0 heterocycles. The Labute approximate surface area is 107 Å². The van der Waals surface area contributed by atoms with Crippen molar-refractivity contribution in [1.29, 1.82) is 5.26 Å². The Morgan fingerprint density at radius 3 is 3.00 bits per heavy atom. The van der Waals surface area contributed by atoms with Crippen LogP contribution >= 0.6 is 0 Å². The number of aliphatic hydroxyl groups excluding tert-OH is 1. The molecule has 0 bridgehead atoms. The first-order valence-corrected chi connectivity index (χ1v) is 5.66. The van der Waals surface area contributed by atoms with E-state index in [9.17, 15) is 5.11 Å². The lowest BCUT2D eigenvalue weighted by molar-refractivity contribution is 0.105. The summed E-state index contributed by atoms with van der Waals surface area (Å²) in [5.74, 6) is 3.08. The van der Waals surface area contributed by atoms with Crippen LogP contribution in [0.3, 0.4) is 0 Å². The molecule has 0 aromatic heterocycles. The van der Waals surface area contributed by atoms with Crippen LogP contribution in [-0.2, 0) is 0 Å². The SMILES string of the molecule is C#CC(C)NCC(O)COc1cccc(C#N)c1. The highest BCUT2D eigenvalue weighted by Gasteiger charge is 2.06. The maximum Gasteiger partial charge on any atom is 0.120 e. The largest absolute Gasteiger partial charge is 0.491 e. The van der Waals surface area contributed by atoms with Crippen LogP contribution in [0.1, 0.15) is 12.5 Å². The quantitative estimate of drug-likeness (QED) is 0.730. The van der Waals surface area contributed by atoms with Gasteiger partial charge in [0.2, 0.25) is 0 Å². The summed E-state index contributed by atoms with van der Waals surface area (Å²) in [5, 5.41) is 21.4. The Morgan fingerprint density at radius 2 is 2.33 bits per heavy atom. The number of rotatable bonds is 6. The van der Waals surface area contributed by atoms with Crippen molar-refractivity contribution in [3.05, 3.63) is 29.8 Å². The lowest BCUT2D eigenvalue weighted by Gasteiger charge is -2.14. The highest BCUT2D eigenvalue weighted by atomic mass is 16.5. The van der Waals surface area contributed by atoms with Crippen molar-refractivity contribution in [3.63, 3.8) is 0 Å². The Balaban J connectivity index is 2.36. The van der Waals surface area contributed by atoms with Crippen molar-refractivity contribution < 1.29 is 9.84 Å². The highest BCUT2D eigenvalue weighted by molar-refractivity contribution is 5.36. The van der Waals surface area contributed by atoms with E-state index in [0.29, 0.717) is 17.9 Å². The fraction of sp³-hybridized carbons (Fsp3) is 0.357. The molecule has 0 radical (unpaired) electrons. The molecular weight excluding hydrogens is 228 g/mol. The van der Waals surface area contributed by atoms with Gasteiger partial charge in [-0.05, 0) is 25.1 Å². The van der Waals surface area contributed by atoms with Gasteiger partial charge < -0.3 is 15.2 Å². The second-order valence-electron chi connectivity index (χ2n) is 3.90. The third-order valence-corrected chi connectivity index (χ3v) is 2.32. The van der Waals surface area contributed by atoms with Crippen LogP contribution < -0.4 is 10.1 Å². The number of hydrogen-bond donors (Lipinski definition) is 2. The molecule has 0 aliphatic heterocycles. The van der Waals surface area contributed by atoms with Gasteiger partial charge in [0.05, 0.1) is 17.7 Å². The van der Waals surface area contributed by atoms with E-state index in [4.69, 9.17) is 16.4 Å². The number of aliphatic hydroxyl groups is 1. The number of nitrogens with one attached hydrogen (secondary N) is 1. The maximum atomic E-state index is 9.66. The minimum atomic E-state index is -0.647. The van der Waals surface area contributed by atoms with Gasteiger partial charge in [-0.2, -0.15) is 5.26 Å². The molecule has 0 saturated carbocycles. The van der Waals surface area contributed by atoms with Crippen molar-refractivity contribution in [2.24, 2.45) is 0 Å². The number of terminal acetylenes is 1. The first kappa shape index (κ1) is 14.1. The summed E-state index contributed by atoms with van der Waals surface area (Å²) < 4.78 is 5.38. The number of nitrogens with zero attached hydrogens (tertiary/aromatic N) is 1. The molecule has 4 heteroatoms. The standard InChI is InChI=1S/C14H16N2O2/c1-3-11(2)16-9-13(17)10-18-14-6-4-5-12(7-14)8-15/h1,4-7,11,13,16-17H,9-10H2,2H3. The van der Waals surface area contributed by atoms with Gasteiger partial charge in [-0.3, -0.25) is 0 Å². The smallest absolute Gasteiger partial charge is 0.120 e. The predicted molar refractivity (Wildman–Crippen MR) is 69.0 cm³/mol. The van der Waals surface area contributed by atoms with E-state index in [1.54, 1.807) is 24.3 Å². The van der Waals surface area contributed by atoms with Gasteiger partial charge in [0.15, 0.2) is 0 Å². The predicted octanol–water partition coefficient (Wildman–Crippen LogP) is 0.909. The second-order valence-corrected chi connectivity index (χ2v) is 3.90. The first-order chi connectivity index (χ1) is 8.65. The summed E-state index contributed by atoms with van der Waals surface area (Å²) in [6, 6.07) is 8.74. The van der Waals surface area contributed by atoms with Crippen LogP contribution in [0, 0.1) is 23.7 Å². The summed E-state index contributed by atoms with van der Waals surface area (Å²) in [7, 11) is 0. The van der Waals surface area contributed by atoms with Crippen LogP contribution in [0.5, 0.6) is 5.75 Å². The Kier molecular flexibility index (Phi) is 5.73. The molecule has 1 aromatic carbocycles. The number of nitriles is 1. The molecule has 0 aliphatic rings. The van der Waals surface area contributed by atoms with E-state index >= 15 is 0 Å². The number of ether oxygens (including phenoxy) is 1.